The molecule has 1 aliphatic rings. The zero-order valence-electron chi connectivity index (χ0n) is 13.0. The summed E-state index contributed by atoms with van der Waals surface area (Å²) in [4.78, 5) is 15.0. The molecule has 104 valence electrons. The molecule has 0 N–H and O–H groups in total. The van der Waals surface area contributed by atoms with Crippen LogP contribution in [0.15, 0.2) is 12.1 Å². The van der Waals surface area contributed by atoms with Gasteiger partial charge < -0.3 is 4.90 Å². The van der Waals surface area contributed by atoms with E-state index in [1.807, 2.05) is 14.1 Å². The van der Waals surface area contributed by atoms with E-state index in [0.29, 0.717) is 5.78 Å². The predicted octanol–water partition coefficient (Wildman–Crippen LogP) is 3.25. The predicted molar refractivity (Wildman–Crippen MR) is 79.8 cm³/mol. The molecular weight excluding hydrogens is 234 g/mol. The van der Waals surface area contributed by atoms with Crippen molar-refractivity contribution in [3.05, 3.63) is 34.4 Å². The Bertz CT molecular complexity index is 514. The fourth-order valence-corrected chi connectivity index (χ4v) is 3.39. The van der Waals surface area contributed by atoms with E-state index in [1.165, 1.54) is 11.1 Å². The van der Waals surface area contributed by atoms with E-state index in [4.69, 9.17) is 0 Å². The topological polar surface area (TPSA) is 20.3 Å². The van der Waals surface area contributed by atoms with E-state index in [2.05, 4.69) is 44.7 Å². The summed E-state index contributed by atoms with van der Waals surface area (Å²) in [5, 5.41) is 0. The van der Waals surface area contributed by atoms with Crippen molar-refractivity contribution in [2.45, 2.75) is 34.1 Å². The van der Waals surface area contributed by atoms with Crippen LogP contribution >= 0.6 is 0 Å². The van der Waals surface area contributed by atoms with Gasteiger partial charge in [-0.15, -0.1) is 0 Å². The highest BCUT2D eigenvalue weighted by atomic mass is 16.1. The zero-order valence-corrected chi connectivity index (χ0v) is 13.0. The van der Waals surface area contributed by atoms with Crippen molar-refractivity contribution in [1.29, 1.82) is 0 Å². The second-order valence-corrected chi connectivity index (χ2v) is 6.96. The van der Waals surface area contributed by atoms with Crippen LogP contribution < -0.4 is 0 Å². The highest BCUT2D eigenvalue weighted by Gasteiger charge is 2.41. The molecule has 1 unspecified atom stereocenters. The maximum absolute atomic E-state index is 12.9. The number of aryl methyl sites for hydroxylation is 2. The second-order valence-electron chi connectivity index (χ2n) is 6.96. The molecule has 19 heavy (non-hydrogen) atoms. The van der Waals surface area contributed by atoms with Crippen LogP contribution in [0.25, 0.3) is 0 Å². The Morgan fingerprint density at radius 2 is 1.89 bits per heavy atom. The van der Waals surface area contributed by atoms with E-state index in [0.717, 1.165) is 24.1 Å². The lowest BCUT2D eigenvalue weighted by Crippen LogP contribution is -2.44. The number of nitrogens with zero attached hydrogens (tertiary/aromatic N) is 1. The maximum Gasteiger partial charge on any atom is 0.168 e. The number of Topliss-reactive ketones (excluding diaryl/α,β-unsaturated/α-hetero) is 1. The molecule has 0 aromatic heterocycles. The van der Waals surface area contributed by atoms with Crippen molar-refractivity contribution >= 4 is 5.78 Å². The molecule has 0 amide bonds. The zero-order chi connectivity index (χ0) is 14.4. The third-order valence-corrected chi connectivity index (χ3v) is 4.26. The van der Waals surface area contributed by atoms with Crippen LogP contribution in [0.5, 0.6) is 0 Å². The average molecular weight is 259 g/mol. The molecular formula is C17H25NO. The fraction of sp³-hybridized carbons (Fsp3) is 0.588. The van der Waals surface area contributed by atoms with Gasteiger partial charge in [0.1, 0.15) is 0 Å². The standard InChI is InChI=1S/C17H25NO/c1-11-7-12(2)15-13(8-11)9-17(3,4)14(16(15)19)10-18(5)6/h7-8,14H,9-10H2,1-6H3. The van der Waals surface area contributed by atoms with Gasteiger partial charge in [-0.1, -0.05) is 31.5 Å². The molecule has 0 heterocycles. The average Bonchev–Trinajstić information content (AvgIpc) is 2.21. The monoisotopic (exact) mass is 259 g/mol. The van der Waals surface area contributed by atoms with E-state index in [-0.39, 0.29) is 11.3 Å². The minimum Gasteiger partial charge on any atom is -0.309 e. The van der Waals surface area contributed by atoms with Crippen LogP contribution in [-0.4, -0.2) is 31.3 Å². The summed E-state index contributed by atoms with van der Waals surface area (Å²) < 4.78 is 0. The van der Waals surface area contributed by atoms with Gasteiger partial charge in [-0.25, -0.2) is 0 Å². The Morgan fingerprint density at radius 3 is 2.47 bits per heavy atom. The third kappa shape index (κ3) is 2.59. The lowest BCUT2D eigenvalue weighted by Gasteiger charge is -2.40. The first-order chi connectivity index (χ1) is 8.72. The summed E-state index contributed by atoms with van der Waals surface area (Å²) >= 11 is 0. The van der Waals surface area contributed by atoms with Gasteiger partial charge in [0.05, 0.1) is 0 Å². The maximum atomic E-state index is 12.9. The van der Waals surface area contributed by atoms with Gasteiger partial charge in [0, 0.05) is 18.0 Å². The molecule has 0 spiro atoms. The number of rotatable bonds is 2. The van der Waals surface area contributed by atoms with Gasteiger partial charge in [0.15, 0.2) is 5.78 Å². The fourth-order valence-electron chi connectivity index (χ4n) is 3.39. The summed E-state index contributed by atoms with van der Waals surface area (Å²) in [7, 11) is 4.09. The molecule has 0 bridgehead atoms. The highest BCUT2D eigenvalue weighted by Crippen LogP contribution is 2.41. The quantitative estimate of drug-likeness (QED) is 0.812. The number of fused-ring (bicyclic) bond motifs is 1. The molecule has 0 aliphatic heterocycles. The van der Waals surface area contributed by atoms with Crippen molar-refractivity contribution in [3.63, 3.8) is 0 Å². The smallest absolute Gasteiger partial charge is 0.168 e. The van der Waals surface area contributed by atoms with Crippen LogP contribution in [0.1, 0.15) is 40.9 Å². The van der Waals surface area contributed by atoms with Gasteiger partial charge in [-0.3, -0.25) is 4.79 Å². The molecule has 1 atom stereocenters. The SMILES string of the molecule is Cc1cc(C)c2c(c1)CC(C)(C)C(CN(C)C)C2=O. The first kappa shape index (κ1) is 14.3. The Morgan fingerprint density at radius 1 is 1.26 bits per heavy atom. The first-order valence-corrected chi connectivity index (χ1v) is 7.01. The first-order valence-electron chi connectivity index (χ1n) is 7.01. The van der Waals surface area contributed by atoms with Gasteiger partial charge >= 0.3 is 0 Å². The summed E-state index contributed by atoms with van der Waals surface area (Å²) in [6.45, 7) is 9.45. The number of carbonyl (C=O) groups excluding carboxylic acids is 1. The van der Waals surface area contributed by atoms with Crippen LogP contribution in [0.3, 0.4) is 0 Å². The van der Waals surface area contributed by atoms with Crippen LogP contribution in [0, 0.1) is 25.2 Å². The Labute approximate surface area is 116 Å². The van der Waals surface area contributed by atoms with Gasteiger partial charge in [0.25, 0.3) is 0 Å². The highest BCUT2D eigenvalue weighted by molar-refractivity contribution is 6.02. The summed E-state index contributed by atoms with van der Waals surface area (Å²) in [5.74, 6) is 0.425. The van der Waals surface area contributed by atoms with E-state index in [1.54, 1.807) is 0 Å². The molecule has 1 aliphatic carbocycles. The van der Waals surface area contributed by atoms with Crippen molar-refractivity contribution in [2.75, 3.05) is 20.6 Å². The molecule has 2 nitrogen and oxygen atoms in total. The lowest BCUT2D eigenvalue weighted by molar-refractivity contribution is 0.0709. The van der Waals surface area contributed by atoms with Crippen LogP contribution in [0.2, 0.25) is 0 Å². The van der Waals surface area contributed by atoms with Crippen LogP contribution in [0.4, 0.5) is 0 Å². The minimum atomic E-state index is 0.0363. The second kappa shape index (κ2) is 4.75. The third-order valence-electron chi connectivity index (χ3n) is 4.26. The normalized spacial score (nSPS) is 21.6. The molecule has 1 aromatic carbocycles. The molecule has 0 fully saturated rings. The van der Waals surface area contributed by atoms with Crippen molar-refractivity contribution in [1.82, 2.24) is 4.90 Å². The molecule has 0 saturated heterocycles. The Hall–Kier alpha value is -1.15. The van der Waals surface area contributed by atoms with Gasteiger partial charge in [-0.05, 0) is 50.9 Å². The summed E-state index contributed by atoms with van der Waals surface area (Å²) in [6.07, 6.45) is 0.995. The number of hydrogen-bond acceptors (Lipinski definition) is 2. The lowest BCUT2D eigenvalue weighted by atomic mass is 9.65. The Balaban J connectivity index is 2.51. The van der Waals surface area contributed by atoms with E-state index >= 15 is 0 Å². The van der Waals surface area contributed by atoms with E-state index < -0.39 is 0 Å². The largest absolute Gasteiger partial charge is 0.309 e. The summed E-state index contributed by atoms with van der Waals surface area (Å²) in [6, 6.07) is 4.32. The van der Waals surface area contributed by atoms with Gasteiger partial charge in [-0.2, -0.15) is 0 Å². The molecule has 1 aromatic rings. The van der Waals surface area contributed by atoms with Crippen molar-refractivity contribution in [3.8, 4) is 0 Å². The molecule has 0 radical (unpaired) electrons. The number of hydrogen-bond donors (Lipinski definition) is 0. The Kier molecular flexibility index (Phi) is 3.57. The van der Waals surface area contributed by atoms with Crippen LogP contribution in [-0.2, 0) is 6.42 Å². The van der Waals surface area contributed by atoms with Crippen molar-refractivity contribution in [2.24, 2.45) is 11.3 Å². The molecule has 0 saturated carbocycles. The number of carbonyl (C=O) groups is 1. The van der Waals surface area contributed by atoms with Crippen molar-refractivity contribution < 1.29 is 4.79 Å². The van der Waals surface area contributed by atoms with Gasteiger partial charge in [0.2, 0.25) is 0 Å². The molecule has 2 rings (SSSR count). The number of benzene rings is 1. The minimum absolute atomic E-state index is 0.0363. The van der Waals surface area contributed by atoms with E-state index in [9.17, 15) is 4.79 Å². The molecule has 2 heteroatoms. The number of ketones is 1. The summed E-state index contributed by atoms with van der Waals surface area (Å²) in [5.41, 5.74) is 4.65.